The Morgan fingerprint density at radius 1 is 1.09 bits per heavy atom. The lowest BCUT2D eigenvalue weighted by Gasteiger charge is -2.11. The van der Waals surface area contributed by atoms with Gasteiger partial charge < -0.3 is 4.98 Å². The monoisotopic (exact) mass is 300 g/mol. The summed E-state index contributed by atoms with van der Waals surface area (Å²) in [5.74, 6) is 2.78. The van der Waals surface area contributed by atoms with Crippen LogP contribution in [-0.2, 0) is 6.42 Å². The second-order valence-corrected chi connectivity index (χ2v) is 6.83. The van der Waals surface area contributed by atoms with E-state index >= 15 is 0 Å². The van der Waals surface area contributed by atoms with E-state index in [-0.39, 0.29) is 5.56 Å². The summed E-state index contributed by atoms with van der Waals surface area (Å²) in [6.07, 6.45) is 10.4. The number of aromatic amines is 1. The topological polar surface area (TPSA) is 63.1 Å². The summed E-state index contributed by atoms with van der Waals surface area (Å²) >= 11 is 0. The molecular formula is C17H24N4O. The Morgan fingerprint density at radius 3 is 2.36 bits per heavy atom. The highest BCUT2D eigenvalue weighted by Crippen LogP contribution is 2.35. The van der Waals surface area contributed by atoms with Crippen LogP contribution >= 0.6 is 0 Å². The van der Waals surface area contributed by atoms with E-state index in [1.165, 1.54) is 38.5 Å². The molecule has 0 atom stereocenters. The van der Waals surface area contributed by atoms with E-state index in [1.54, 1.807) is 0 Å². The number of aryl methyl sites for hydroxylation is 1. The van der Waals surface area contributed by atoms with Crippen molar-refractivity contribution in [1.29, 1.82) is 0 Å². The zero-order valence-electron chi connectivity index (χ0n) is 13.3. The number of imidazole rings is 1. The Morgan fingerprint density at radius 2 is 1.73 bits per heavy atom. The Balaban J connectivity index is 1.89. The van der Waals surface area contributed by atoms with Crippen LogP contribution in [-0.4, -0.2) is 19.6 Å². The molecule has 0 amide bonds. The zero-order chi connectivity index (χ0) is 15.1. The van der Waals surface area contributed by atoms with Crippen molar-refractivity contribution < 1.29 is 0 Å². The second-order valence-electron chi connectivity index (χ2n) is 6.83. The summed E-state index contributed by atoms with van der Waals surface area (Å²) in [5.41, 5.74) is 1.56. The Hall–Kier alpha value is -1.65. The fourth-order valence-electron chi connectivity index (χ4n) is 4.19. The zero-order valence-corrected chi connectivity index (χ0v) is 13.3. The number of aromatic nitrogens is 4. The average Bonchev–Trinajstić information content (AvgIpc) is 3.26. The third-order valence-electron chi connectivity index (χ3n) is 5.41. The van der Waals surface area contributed by atoms with Crippen molar-refractivity contribution >= 4 is 5.52 Å². The molecule has 2 fully saturated rings. The van der Waals surface area contributed by atoms with Crippen LogP contribution in [0, 0.1) is 0 Å². The fraction of sp³-hybridized carbons (Fsp3) is 0.706. The van der Waals surface area contributed by atoms with E-state index in [0.717, 1.165) is 36.6 Å². The molecule has 2 heterocycles. The van der Waals surface area contributed by atoms with Gasteiger partial charge in [0.25, 0.3) is 5.56 Å². The number of hydrogen-bond acceptors (Lipinski definition) is 3. The average molecular weight is 300 g/mol. The Kier molecular flexibility index (Phi) is 3.51. The SMILES string of the molecule is CCc1nc(C2CCCC2)n2nc(C3CCCC3)[nH]c(=O)c12. The maximum atomic E-state index is 12.6. The van der Waals surface area contributed by atoms with Crippen LogP contribution in [0.1, 0.15) is 87.5 Å². The van der Waals surface area contributed by atoms with Crippen molar-refractivity contribution in [3.63, 3.8) is 0 Å². The normalized spacial score (nSPS) is 20.4. The van der Waals surface area contributed by atoms with Crippen molar-refractivity contribution in [2.45, 2.75) is 76.5 Å². The van der Waals surface area contributed by atoms with Crippen LogP contribution < -0.4 is 5.56 Å². The third-order valence-corrected chi connectivity index (χ3v) is 5.41. The van der Waals surface area contributed by atoms with Crippen molar-refractivity contribution in [1.82, 2.24) is 19.6 Å². The Labute approximate surface area is 130 Å². The summed E-state index contributed by atoms with van der Waals surface area (Å²) in [6.45, 7) is 2.06. The van der Waals surface area contributed by atoms with Gasteiger partial charge in [0.1, 0.15) is 11.6 Å². The number of nitrogens with one attached hydrogen (secondary N) is 1. The van der Waals surface area contributed by atoms with E-state index in [9.17, 15) is 4.79 Å². The summed E-state index contributed by atoms with van der Waals surface area (Å²) in [4.78, 5) is 20.5. The van der Waals surface area contributed by atoms with Gasteiger partial charge in [-0.1, -0.05) is 32.6 Å². The third kappa shape index (κ3) is 2.18. The van der Waals surface area contributed by atoms with Crippen LogP contribution in [0.15, 0.2) is 4.79 Å². The molecule has 22 heavy (non-hydrogen) atoms. The molecule has 0 aliphatic heterocycles. The first kappa shape index (κ1) is 14.0. The molecule has 2 aromatic heterocycles. The molecule has 0 unspecified atom stereocenters. The van der Waals surface area contributed by atoms with Crippen LogP contribution in [0.2, 0.25) is 0 Å². The van der Waals surface area contributed by atoms with Crippen LogP contribution in [0.3, 0.4) is 0 Å². The van der Waals surface area contributed by atoms with E-state index in [0.29, 0.717) is 17.4 Å². The maximum absolute atomic E-state index is 12.6. The number of fused-ring (bicyclic) bond motifs is 1. The van der Waals surface area contributed by atoms with Gasteiger partial charge in [-0.05, 0) is 32.1 Å². The molecule has 2 aromatic rings. The number of H-pyrrole nitrogens is 1. The molecule has 118 valence electrons. The molecule has 0 bridgehead atoms. The molecule has 0 aromatic carbocycles. The molecular weight excluding hydrogens is 276 g/mol. The molecule has 0 spiro atoms. The predicted molar refractivity (Wildman–Crippen MR) is 85.4 cm³/mol. The molecule has 5 heteroatoms. The molecule has 5 nitrogen and oxygen atoms in total. The smallest absolute Gasteiger partial charge is 0.277 e. The lowest BCUT2D eigenvalue weighted by Crippen LogP contribution is -2.19. The molecule has 2 saturated carbocycles. The molecule has 1 N–H and O–H groups in total. The van der Waals surface area contributed by atoms with Gasteiger partial charge in [0, 0.05) is 11.8 Å². The van der Waals surface area contributed by atoms with Gasteiger partial charge in [0.15, 0.2) is 5.52 Å². The number of hydrogen-bond donors (Lipinski definition) is 1. The van der Waals surface area contributed by atoms with E-state index in [4.69, 9.17) is 10.1 Å². The molecule has 0 saturated heterocycles. The van der Waals surface area contributed by atoms with Crippen LogP contribution in [0.25, 0.3) is 5.52 Å². The van der Waals surface area contributed by atoms with Gasteiger partial charge in [-0.3, -0.25) is 4.79 Å². The highest BCUT2D eigenvalue weighted by molar-refractivity contribution is 5.51. The minimum Gasteiger partial charge on any atom is -0.307 e. The first-order chi connectivity index (χ1) is 10.8. The molecule has 2 aliphatic rings. The second kappa shape index (κ2) is 5.52. The number of rotatable bonds is 3. The van der Waals surface area contributed by atoms with E-state index in [2.05, 4.69) is 11.9 Å². The van der Waals surface area contributed by atoms with E-state index in [1.807, 2.05) is 4.52 Å². The highest BCUT2D eigenvalue weighted by Gasteiger charge is 2.27. The largest absolute Gasteiger partial charge is 0.307 e. The molecule has 0 radical (unpaired) electrons. The number of nitrogens with zero attached hydrogens (tertiary/aromatic N) is 3. The lowest BCUT2D eigenvalue weighted by atomic mass is 10.1. The first-order valence-corrected chi connectivity index (χ1v) is 8.79. The summed E-state index contributed by atoms with van der Waals surface area (Å²) in [6, 6.07) is 0. The predicted octanol–water partition coefficient (Wildman–Crippen LogP) is 3.30. The standard InChI is InChI=1S/C17H24N4O/c1-2-13-14-17(22)19-15(11-7-3-4-8-11)20-21(14)16(18-13)12-9-5-6-10-12/h11-12H,2-10H2,1H3,(H,19,20,22). The summed E-state index contributed by atoms with van der Waals surface area (Å²) < 4.78 is 1.89. The lowest BCUT2D eigenvalue weighted by molar-refractivity contribution is 0.598. The summed E-state index contributed by atoms with van der Waals surface area (Å²) in [5, 5.41) is 4.83. The minimum atomic E-state index is -0.00880. The van der Waals surface area contributed by atoms with Gasteiger partial charge >= 0.3 is 0 Å². The molecule has 4 rings (SSSR count). The quantitative estimate of drug-likeness (QED) is 0.946. The Bertz CT molecular complexity index is 733. The minimum absolute atomic E-state index is 0.00880. The van der Waals surface area contributed by atoms with Crippen molar-refractivity contribution in [2.75, 3.05) is 0 Å². The van der Waals surface area contributed by atoms with E-state index < -0.39 is 0 Å². The highest BCUT2D eigenvalue weighted by atomic mass is 16.1. The first-order valence-electron chi connectivity index (χ1n) is 8.79. The van der Waals surface area contributed by atoms with Crippen molar-refractivity contribution in [3.8, 4) is 0 Å². The van der Waals surface area contributed by atoms with Crippen LogP contribution in [0.4, 0.5) is 0 Å². The van der Waals surface area contributed by atoms with Crippen molar-refractivity contribution in [2.24, 2.45) is 0 Å². The molecule has 2 aliphatic carbocycles. The summed E-state index contributed by atoms with van der Waals surface area (Å²) in [7, 11) is 0. The van der Waals surface area contributed by atoms with Gasteiger partial charge in [-0.25, -0.2) is 9.50 Å². The van der Waals surface area contributed by atoms with Gasteiger partial charge in [-0.15, -0.1) is 0 Å². The van der Waals surface area contributed by atoms with Gasteiger partial charge in [-0.2, -0.15) is 5.10 Å². The van der Waals surface area contributed by atoms with Gasteiger partial charge in [0.2, 0.25) is 0 Å². The van der Waals surface area contributed by atoms with Crippen LogP contribution in [0.5, 0.6) is 0 Å². The maximum Gasteiger partial charge on any atom is 0.277 e. The fourth-order valence-corrected chi connectivity index (χ4v) is 4.19. The van der Waals surface area contributed by atoms with Crippen molar-refractivity contribution in [3.05, 3.63) is 27.7 Å². The van der Waals surface area contributed by atoms with Gasteiger partial charge in [0.05, 0.1) is 5.69 Å².